The minimum absolute atomic E-state index is 0.132. The van der Waals surface area contributed by atoms with Gasteiger partial charge in [0.25, 0.3) is 0 Å². The third-order valence-corrected chi connectivity index (χ3v) is 2.20. The van der Waals surface area contributed by atoms with Gasteiger partial charge >= 0.3 is 6.61 Å². The van der Waals surface area contributed by atoms with E-state index in [1.807, 2.05) is 6.92 Å². The van der Waals surface area contributed by atoms with Crippen LogP contribution in [0.15, 0.2) is 24.3 Å². The van der Waals surface area contributed by atoms with Crippen LogP contribution in [0.1, 0.15) is 18.9 Å². The number of nitriles is 1. The lowest BCUT2D eigenvalue weighted by atomic mass is 9.98. The lowest BCUT2D eigenvalue weighted by molar-refractivity contribution is -0.0505. The molecule has 0 aliphatic heterocycles. The molecule has 1 unspecified atom stereocenters. The van der Waals surface area contributed by atoms with Gasteiger partial charge in [-0.2, -0.15) is 14.0 Å². The molecule has 0 amide bonds. The standard InChI is InChI=1S/C12H13F2NO/c1-9(6-7-15)8-10-4-2-3-5-11(10)16-12(13)14/h2-5,9,12H,6,8H2,1H3. The van der Waals surface area contributed by atoms with Crippen molar-refractivity contribution in [3.8, 4) is 11.8 Å². The van der Waals surface area contributed by atoms with Crippen molar-refractivity contribution in [3.63, 3.8) is 0 Å². The molecule has 0 N–H and O–H groups in total. The summed E-state index contributed by atoms with van der Waals surface area (Å²) in [4.78, 5) is 0. The molecule has 0 saturated carbocycles. The van der Waals surface area contributed by atoms with E-state index in [1.54, 1.807) is 18.2 Å². The van der Waals surface area contributed by atoms with Crippen molar-refractivity contribution in [3.05, 3.63) is 29.8 Å². The average molecular weight is 225 g/mol. The molecule has 0 aromatic heterocycles. The predicted molar refractivity (Wildman–Crippen MR) is 56.2 cm³/mol. The average Bonchev–Trinajstić information content (AvgIpc) is 2.20. The molecule has 1 aromatic rings. The summed E-state index contributed by atoms with van der Waals surface area (Å²) in [5, 5.41) is 8.53. The summed E-state index contributed by atoms with van der Waals surface area (Å²) in [7, 11) is 0. The molecular formula is C12H13F2NO. The SMILES string of the molecule is CC(CC#N)Cc1ccccc1OC(F)F. The maximum absolute atomic E-state index is 12.1. The van der Waals surface area contributed by atoms with Crippen LogP contribution in [0, 0.1) is 17.2 Å². The zero-order chi connectivity index (χ0) is 12.0. The molecule has 0 saturated heterocycles. The van der Waals surface area contributed by atoms with E-state index in [9.17, 15) is 8.78 Å². The van der Waals surface area contributed by atoms with Crippen LogP contribution in [0.25, 0.3) is 0 Å². The molecule has 0 aliphatic rings. The topological polar surface area (TPSA) is 33.0 Å². The molecule has 16 heavy (non-hydrogen) atoms. The number of halogens is 2. The monoisotopic (exact) mass is 225 g/mol. The van der Waals surface area contributed by atoms with Crippen molar-refractivity contribution in [2.75, 3.05) is 0 Å². The Labute approximate surface area is 93.5 Å². The Morgan fingerprint density at radius 2 is 2.06 bits per heavy atom. The zero-order valence-corrected chi connectivity index (χ0v) is 8.99. The van der Waals surface area contributed by atoms with Gasteiger partial charge in [-0.1, -0.05) is 25.1 Å². The largest absolute Gasteiger partial charge is 0.435 e. The van der Waals surface area contributed by atoms with Crippen LogP contribution >= 0.6 is 0 Å². The summed E-state index contributed by atoms with van der Waals surface area (Å²) in [6.07, 6.45) is 0.972. The van der Waals surface area contributed by atoms with Gasteiger partial charge < -0.3 is 4.74 Å². The molecule has 0 bridgehead atoms. The Bertz CT molecular complexity index is 374. The van der Waals surface area contributed by atoms with Crippen LogP contribution < -0.4 is 4.74 Å². The highest BCUT2D eigenvalue weighted by molar-refractivity contribution is 5.33. The number of alkyl halides is 2. The maximum atomic E-state index is 12.1. The summed E-state index contributed by atoms with van der Waals surface area (Å²) in [6, 6.07) is 8.73. The molecule has 2 nitrogen and oxygen atoms in total. The fraction of sp³-hybridized carbons (Fsp3) is 0.417. The van der Waals surface area contributed by atoms with Gasteiger partial charge in [0.15, 0.2) is 0 Å². The summed E-state index contributed by atoms with van der Waals surface area (Å²) in [5.41, 5.74) is 0.713. The summed E-state index contributed by atoms with van der Waals surface area (Å²) >= 11 is 0. The van der Waals surface area contributed by atoms with Gasteiger partial charge in [0.2, 0.25) is 0 Å². The van der Waals surface area contributed by atoms with Gasteiger partial charge in [-0.3, -0.25) is 0 Å². The third-order valence-electron chi connectivity index (χ3n) is 2.20. The van der Waals surface area contributed by atoms with Crippen molar-refractivity contribution in [1.82, 2.24) is 0 Å². The van der Waals surface area contributed by atoms with E-state index < -0.39 is 6.61 Å². The lowest BCUT2D eigenvalue weighted by Gasteiger charge is -2.12. The second kappa shape index (κ2) is 6.06. The number of ether oxygens (including phenoxy) is 1. The minimum Gasteiger partial charge on any atom is -0.435 e. The lowest BCUT2D eigenvalue weighted by Crippen LogP contribution is -2.06. The van der Waals surface area contributed by atoms with Gasteiger partial charge in [0.05, 0.1) is 6.07 Å². The quantitative estimate of drug-likeness (QED) is 0.769. The molecule has 0 spiro atoms. The first-order valence-corrected chi connectivity index (χ1v) is 5.03. The first-order valence-electron chi connectivity index (χ1n) is 5.03. The van der Waals surface area contributed by atoms with Crippen LogP contribution in [0.3, 0.4) is 0 Å². The van der Waals surface area contributed by atoms with E-state index in [0.29, 0.717) is 18.4 Å². The van der Waals surface area contributed by atoms with Gasteiger partial charge in [-0.25, -0.2) is 0 Å². The van der Waals surface area contributed by atoms with Crippen molar-refractivity contribution in [2.45, 2.75) is 26.4 Å². The number of hydrogen-bond donors (Lipinski definition) is 0. The van der Waals surface area contributed by atoms with E-state index in [0.717, 1.165) is 0 Å². The molecule has 1 aromatic carbocycles. The highest BCUT2D eigenvalue weighted by atomic mass is 19.3. The normalized spacial score (nSPS) is 12.2. The Morgan fingerprint density at radius 3 is 2.69 bits per heavy atom. The van der Waals surface area contributed by atoms with Crippen LogP contribution in [0.5, 0.6) is 5.75 Å². The number of nitrogens with zero attached hydrogens (tertiary/aromatic N) is 1. The molecule has 1 rings (SSSR count). The highest BCUT2D eigenvalue weighted by Crippen LogP contribution is 2.23. The number of para-hydroxylation sites is 1. The predicted octanol–water partition coefficient (Wildman–Crippen LogP) is 3.38. The van der Waals surface area contributed by atoms with Crippen molar-refractivity contribution in [2.24, 2.45) is 5.92 Å². The molecule has 0 heterocycles. The summed E-state index contributed by atoms with van der Waals surface area (Å²) < 4.78 is 28.6. The van der Waals surface area contributed by atoms with Crippen LogP contribution in [-0.4, -0.2) is 6.61 Å². The highest BCUT2D eigenvalue weighted by Gasteiger charge is 2.11. The maximum Gasteiger partial charge on any atom is 0.387 e. The van der Waals surface area contributed by atoms with Crippen LogP contribution in [-0.2, 0) is 6.42 Å². The Morgan fingerprint density at radius 1 is 1.38 bits per heavy atom. The second-order valence-corrected chi connectivity index (χ2v) is 3.66. The number of hydrogen-bond acceptors (Lipinski definition) is 2. The smallest absolute Gasteiger partial charge is 0.387 e. The number of benzene rings is 1. The van der Waals surface area contributed by atoms with Crippen molar-refractivity contribution >= 4 is 0 Å². The van der Waals surface area contributed by atoms with Gasteiger partial charge in [0, 0.05) is 6.42 Å². The van der Waals surface area contributed by atoms with Crippen LogP contribution in [0.4, 0.5) is 8.78 Å². The van der Waals surface area contributed by atoms with Gasteiger partial charge in [0.1, 0.15) is 5.75 Å². The van der Waals surface area contributed by atoms with Crippen molar-refractivity contribution in [1.29, 1.82) is 5.26 Å². The molecule has 0 radical (unpaired) electrons. The molecular weight excluding hydrogens is 212 g/mol. The van der Waals surface area contributed by atoms with E-state index in [1.165, 1.54) is 6.07 Å². The summed E-state index contributed by atoms with van der Waals surface area (Å²) in [5.74, 6) is 0.328. The molecule has 0 aliphatic carbocycles. The Hall–Kier alpha value is -1.63. The van der Waals surface area contributed by atoms with Crippen molar-refractivity contribution < 1.29 is 13.5 Å². The van der Waals surface area contributed by atoms with Crippen LogP contribution in [0.2, 0.25) is 0 Å². The molecule has 86 valence electrons. The second-order valence-electron chi connectivity index (χ2n) is 3.66. The van der Waals surface area contributed by atoms with Gasteiger partial charge in [-0.05, 0) is 24.0 Å². The molecule has 1 atom stereocenters. The Kier molecular flexibility index (Phi) is 4.71. The Balaban J connectivity index is 2.75. The fourth-order valence-electron chi connectivity index (χ4n) is 1.49. The first-order chi connectivity index (χ1) is 7.63. The van der Waals surface area contributed by atoms with Gasteiger partial charge in [-0.15, -0.1) is 0 Å². The summed E-state index contributed by atoms with van der Waals surface area (Å²) in [6.45, 7) is -0.907. The van der Waals surface area contributed by atoms with E-state index in [-0.39, 0.29) is 11.7 Å². The molecule has 0 fully saturated rings. The van der Waals surface area contributed by atoms with E-state index >= 15 is 0 Å². The fourth-order valence-corrected chi connectivity index (χ4v) is 1.49. The van der Waals surface area contributed by atoms with E-state index in [2.05, 4.69) is 10.8 Å². The third kappa shape index (κ3) is 3.85. The minimum atomic E-state index is -2.81. The molecule has 4 heteroatoms. The zero-order valence-electron chi connectivity index (χ0n) is 8.99. The number of rotatable bonds is 5. The van der Waals surface area contributed by atoms with E-state index in [4.69, 9.17) is 5.26 Å². The first kappa shape index (κ1) is 12.4.